The number of hydrogen-bond donors (Lipinski definition) is 1. The van der Waals surface area contributed by atoms with Crippen LogP contribution in [0.5, 0.6) is 5.88 Å². The molecule has 0 aliphatic heterocycles. The van der Waals surface area contributed by atoms with Crippen LogP contribution in [-0.4, -0.2) is 35.7 Å². The van der Waals surface area contributed by atoms with E-state index in [0.29, 0.717) is 22.7 Å². The zero-order chi connectivity index (χ0) is 25.1. The Labute approximate surface area is 201 Å². The summed E-state index contributed by atoms with van der Waals surface area (Å²) in [5.74, 6) is -0.194. The van der Waals surface area contributed by atoms with Crippen LogP contribution < -0.4 is 10.5 Å². The lowest BCUT2D eigenvalue weighted by molar-refractivity contribution is -0.143. The molecular weight excluding hydrogens is 467 g/mol. The summed E-state index contributed by atoms with van der Waals surface area (Å²) in [5, 5.41) is 0.436. The summed E-state index contributed by atoms with van der Waals surface area (Å²) in [5.41, 5.74) is 5.65. The van der Waals surface area contributed by atoms with E-state index in [2.05, 4.69) is 0 Å². The number of carbonyl (C=O) groups excluding carboxylic acids is 1. The number of nitrogens with zero attached hydrogens (tertiary/aromatic N) is 2. The fourth-order valence-corrected chi connectivity index (χ4v) is 3.69. The molecule has 0 fully saturated rings. The zero-order valence-electron chi connectivity index (χ0n) is 19.2. The van der Waals surface area contributed by atoms with Crippen LogP contribution in [-0.2, 0) is 12.7 Å². The summed E-state index contributed by atoms with van der Waals surface area (Å²) in [7, 11) is 1.52. The van der Waals surface area contributed by atoms with Gasteiger partial charge in [-0.05, 0) is 41.3 Å². The van der Waals surface area contributed by atoms with Crippen molar-refractivity contribution in [3.05, 3.63) is 76.9 Å². The SMILES string of the molecule is CN(CC(C)(C)CN)C(=O)Oc1c(-c2ccc(Cl)cc2)cc(C(F)(F)F)n1Cc1ccccc1. The molecule has 182 valence electrons. The van der Waals surface area contributed by atoms with Crippen molar-refractivity contribution in [2.24, 2.45) is 11.1 Å². The lowest BCUT2D eigenvalue weighted by atomic mass is 9.93. The van der Waals surface area contributed by atoms with Crippen molar-refractivity contribution in [1.82, 2.24) is 9.47 Å². The first kappa shape index (κ1) is 25.6. The number of halogens is 4. The molecule has 9 heteroatoms. The monoisotopic (exact) mass is 493 g/mol. The Balaban J connectivity index is 2.12. The number of amides is 1. The van der Waals surface area contributed by atoms with Gasteiger partial charge in [0.15, 0.2) is 0 Å². The average Bonchev–Trinajstić information content (AvgIpc) is 3.13. The lowest BCUT2D eigenvalue weighted by Crippen LogP contribution is -2.41. The molecule has 34 heavy (non-hydrogen) atoms. The first-order valence-electron chi connectivity index (χ1n) is 10.6. The highest BCUT2D eigenvalue weighted by atomic mass is 35.5. The molecule has 0 atom stereocenters. The van der Waals surface area contributed by atoms with E-state index in [0.717, 1.165) is 10.6 Å². The Hall–Kier alpha value is -2.97. The van der Waals surface area contributed by atoms with Gasteiger partial charge in [-0.15, -0.1) is 0 Å². The van der Waals surface area contributed by atoms with Crippen molar-refractivity contribution < 1.29 is 22.7 Å². The molecule has 0 bridgehead atoms. The minimum Gasteiger partial charge on any atom is -0.392 e. The molecule has 1 heterocycles. The number of alkyl halides is 3. The van der Waals surface area contributed by atoms with E-state index in [4.69, 9.17) is 22.1 Å². The smallest absolute Gasteiger partial charge is 0.392 e. The van der Waals surface area contributed by atoms with E-state index in [1.807, 2.05) is 13.8 Å². The average molecular weight is 494 g/mol. The molecule has 0 saturated heterocycles. The van der Waals surface area contributed by atoms with Crippen LogP contribution in [0.2, 0.25) is 5.02 Å². The maximum absolute atomic E-state index is 14.1. The number of nitrogens with two attached hydrogens (primary N) is 1. The number of rotatable bonds is 7. The second kappa shape index (κ2) is 10.1. The van der Waals surface area contributed by atoms with Gasteiger partial charge in [0, 0.05) is 24.2 Å². The maximum Gasteiger partial charge on any atom is 0.431 e. The Morgan fingerprint density at radius 3 is 2.26 bits per heavy atom. The molecule has 0 unspecified atom stereocenters. The quantitative estimate of drug-likeness (QED) is 0.420. The molecule has 0 aliphatic rings. The molecule has 1 aromatic heterocycles. The molecule has 0 radical (unpaired) electrons. The van der Waals surface area contributed by atoms with E-state index in [1.54, 1.807) is 54.6 Å². The Kier molecular flexibility index (Phi) is 7.63. The Morgan fingerprint density at radius 2 is 1.71 bits per heavy atom. The summed E-state index contributed by atoms with van der Waals surface area (Å²) in [4.78, 5) is 14.3. The molecule has 0 spiro atoms. The third kappa shape index (κ3) is 6.12. The van der Waals surface area contributed by atoms with E-state index in [-0.39, 0.29) is 24.5 Å². The highest BCUT2D eigenvalue weighted by Gasteiger charge is 2.38. The summed E-state index contributed by atoms with van der Waals surface area (Å²) in [6.45, 7) is 4.23. The number of hydrogen-bond acceptors (Lipinski definition) is 3. The number of carbonyl (C=O) groups is 1. The van der Waals surface area contributed by atoms with Crippen LogP contribution in [0, 0.1) is 5.41 Å². The molecule has 2 aromatic carbocycles. The van der Waals surface area contributed by atoms with Crippen molar-refractivity contribution >= 4 is 17.7 Å². The van der Waals surface area contributed by atoms with Crippen molar-refractivity contribution in [2.75, 3.05) is 20.1 Å². The Bertz CT molecular complexity index is 1130. The standard InChI is InChI=1S/C25H27ClF3N3O2/c1-24(2,15-30)16-31(3)23(33)34-22-20(18-9-11-19(26)12-10-18)13-21(25(27,28)29)32(22)14-17-7-5-4-6-8-17/h4-13H,14-16,30H2,1-3H3. The summed E-state index contributed by atoms with van der Waals surface area (Å²) in [6.07, 6.45) is -5.45. The van der Waals surface area contributed by atoms with Gasteiger partial charge >= 0.3 is 12.3 Å². The van der Waals surface area contributed by atoms with Crippen LogP contribution in [0.4, 0.5) is 18.0 Å². The number of benzene rings is 2. The number of ether oxygens (including phenoxy) is 1. The number of aromatic nitrogens is 1. The van der Waals surface area contributed by atoms with Crippen LogP contribution in [0.1, 0.15) is 25.1 Å². The molecule has 0 aliphatic carbocycles. The topological polar surface area (TPSA) is 60.5 Å². The van der Waals surface area contributed by atoms with Crippen LogP contribution in [0.15, 0.2) is 60.7 Å². The predicted molar refractivity (Wildman–Crippen MR) is 127 cm³/mol. The molecule has 5 nitrogen and oxygen atoms in total. The molecule has 3 rings (SSSR count). The van der Waals surface area contributed by atoms with Crippen LogP contribution in [0.25, 0.3) is 11.1 Å². The minimum atomic E-state index is -4.67. The highest BCUT2D eigenvalue weighted by Crippen LogP contribution is 2.41. The normalized spacial score (nSPS) is 12.0. The third-order valence-electron chi connectivity index (χ3n) is 5.39. The van der Waals surface area contributed by atoms with Crippen molar-refractivity contribution in [3.63, 3.8) is 0 Å². The largest absolute Gasteiger partial charge is 0.431 e. The summed E-state index contributed by atoms with van der Waals surface area (Å²) < 4.78 is 48.9. The predicted octanol–water partition coefficient (Wildman–Crippen LogP) is 6.29. The van der Waals surface area contributed by atoms with Gasteiger partial charge in [0.05, 0.1) is 6.54 Å². The summed E-state index contributed by atoms with van der Waals surface area (Å²) >= 11 is 5.97. The van der Waals surface area contributed by atoms with Crippen LogP contribution in [0.3, 0.4) is 0 Å². The lowest BCUT2D eigenvalue weighted by Gasteiger charge is -2.28. The molecule has 1 amide bonds. The molecular formula is C25H27ClF3N3O2. The van der Waals surface area contributed by atoms with Gasteiger partial charge < -0.3 is 19.9 Å². The molecule has 3 aromatic rings. The van der Waals surface area contributed by atoms with Gasteiger partial charge in [0.25, 0.3) is 0 Å². The second-order valence-electron chi connectivity index (χ2n) is 8.92. The van der Waals surface area contributed by atoms with Gasteiger partial charge in [-0.2, -0.15) is 13.2 Å². The maximum atomic E-state index is 14.1. The first-order chi connectivity index (χ1) is 15.9. The van der Waals surface area contributed by atoms with Crippen molar-refractivity contribution in [1.29, 1.82) is 0 Å². The van der Waals surface area contributed by atoms with Gasteiger partial charge in [-0.1, -0.05) is 67.9 Å². The van der Waals surface area contributed by atoms with E-state index >= 15 is 0 Å². The van der Waals surface area contributed by atoms with Gasteiger partial charge in [0.1, 0.15) is 5.69 Å². The minimum absolute atomic E-state index is 0.135. The molecule has 2 N–H and O–H groups in total. The summed E-state index contributed by atoms with van der Waals surface area (Å²) in [6, 6.07) is 16.0. The van der Waals surface area contributed by atoms with Gasteiger partial charge in [0.2, 0.25) is 5.88 Å². The first-order valence-corrected chi connectivity index (χ1v) is 11.0. The van der Waals surface area contributed by atoms with Crippen molar-refractivity contribution in [2.45, 2.75) is 26.6 Å². The van der Waals surface area contributed by atoms with Gasteiger partial charge in [-0.3, -0.25) is 0 Å². The second-order valence-corrected chi connectivity index (χ2v) is 9.35. The fraction of sp³-hybridized carbons (Fsp3) is 0.320. The van der Waals surface area contributed by atoms with Gasteiger partial charge in [-0.25, -0.2) is 4.79 Å². The molecule has 0 saturated carbocycles. The van der Waals surface area contributed by atoms with E-state index < -0.39 is 23.4 Å². The van der Waals surface area contributed by atoms with E-state index in [1.165, 1.54) is 11.9 Å². The van der Waals surface area contributed by atoms with E-state index in [9.17, 15) is 18.0 Å². The fourth-order valence-electron chi connectivity index (χ4n) is 3.57. The highest BCUT2D eigenvalue weighted by molar-refractivity contribution is 6.30. The van der Waals surface area contributed by atoms with Crippen molar-refractivity contribution in [3.8, 4) is 17.0 Å². The Morgan fingerprint density at radius 1 is 1.09 bits per heavy atom. The van der Waals surface area contributed by atoms with Crippen LogP contribution >= 0.6 is 11.6 Å². The zero-order valence-corrected chi connectivity index (χ0v) is 20.0. The third-order valence-corrected chi connectivity index (χ3v) is 5.64.